The summed E-state index contributed by atoms with van der Waals surface area (Å²) in [5.74, 6) is 0. The van der Waals surface area contributed by atoms with E-state index in [4.69, 9.17) is 9.05 Å². The average molecular weight is 433 g/mol. The molecule has 0 aromatic heterocycles. The van der Waals surface area contributed by atoms with Crippen LogP contribution in [0.15, 0.2) is 12.0 Å². The normalized spacial score (nSPS) is 19.5. The van der Waals surface area contributed by atoms with Crippen molar-refractivity contribution in [3.8, 4) is 0 Å². The van der Waals surface area contributed by atoms with E-state index in [1.807, 2.05) is 0 Å². The second-order valence-corrected chi connectivity index (χ2v) is 10.5. The summed E-state index contributed by atoms with van der Waals surface area (Å²) in [4.78, 5) is 9.81. The lowest BCUT2D eigenvalue weighted by Gasteiger charge is -2.24. The van der Waals surface area contributed by atoms with Gasteiger partial charge in [0.25, 0.3) is 0 Å². The first-order chi connectivity index (χ1) is 13.9. The van der Waals surface area contributed by atoms with Crippen LogP contribution in [-0.2, 0) is 13.6 Å². The second kappa shape index (κ2) is 15.5. The summed E-state index contributed by atoms with van der Waals surface area (Å²) in [6.07, 6.45) is 21.5. The Kier molecular flexibility index (Phi) is 14.2. The van der Waals surface area contributed by atoms with Gasteiger partial charge in [0.15, 0.2) is 6.26 Å². The van der Waals surface area contributed by atoms with E-state index in [9.17, 15) is 9.46 Å². The molecule has 1 fully saturated rings. The number of likely N-dealkylation sites (tertiary alicyclic amines) is 1. The van der Waals surface area contributed by atoms with Crippen molar-refractivity contribution in [2.75, 3.05) is 27.2 Å². The van der Waals surface area contributed by atoms with Gasteiger partial charge in [-0.05, 0) is 6.42 Å². The van der Waals surface area contributed by atoms with Gasteiger partial charge in [0.1, 0.15) is 5.70 Å². The fraction of sp³-hybridized carbons (Fsp3) is 0.913. The third kappa shape index (κ3) is 13.5. The van der Waals surface area contributed by atoms with Crippen LogP contribution in [0.1, 0.15) is 110 Å². The van der Waals surface area contributed by atoms with Crippen LogP contribution in [0.5, 0.6) is 0 Å². The quantitative estimate of drug-likeness (QED) is 0.107. The highest BCUT2D eigenvalue weighted by atomic mass is 31.2. The van der Waals surface area contributed by atoms with Gasteiger partial charge in [0, 0.05) is 12.8 Å². The summed E-state index contributed by atoms with van der Waals surface area (Å²) in [5.41, 5.74) is 1.04. The van der Waals surface area contributed by atoms with Crippen molar-refractivity contribution < 1.29 is 23.0 Å². The number of rotatable bonds is 18. The molecule has 172 valence electrons. The fourth-order valence-corrected chi connectivity index (χ4v) is 4.61. The molecule has 1 atom stereocenters. The van der Waals surface area contributed by atoms with Crippen molar-refractivity contribution in [1.82, 2.24) is 0 Å². The predicted molar refractivity (Wildman–Crippen MR) is 121 cm³/mol. The van der Waals surface area contributed by atoms with E-state index in [1.54, 1.807) is 0 Å². The van der Waals surface area contributed by atoms with Crippen LogP contribution in [0.3, 0.4) is 0 Å². The number of nitrogens with zero attached hydrogens (tertiary/aromatic N) is 1. The van der Waals surface area contributed by atoms with E-state index in [2.05, 4.69) is 21.0 Å². The maximum Gasteiger partial charge on any atom is 0.527 e. The molecular formula is C23H47NO4P+. The van der Waals surface area contributed by atoms with Crippen molar-refractivity contribution in [3.05, 3.63) is 12.0 Å². The lowest BCUT2D eigenvalue weighted by atomic mass is 10.0. The molecule has 5 nitrogen and oxygen atoms in total. The van der Waals surface area contributed by atoms with Gasteiger partial charge in [0.2, 0.25) is 0 Å². The predicted octanol–water partition coefficient (Wildman–Crippen LogP) is 7.31. The average Bonchev–Trinajstić information content (AvgIpc) is 3.01. The molecular weight excluding hydrogens is 385 g/mol. The maximum absolute atomic E-state index is 12.0. The number of unbranched alkanes of at least 4 members (excludes halogenated alkanes) is 13. The Hall–Kier alpha value is -0.350. The summed E-state index contributed by atoms with van der Waals surface area (Å²) >= 11 is 0. The number of quaternary nitrogens is 1. The van der Waals surface area contributed by atoms with Crippen LogP contribution in [0.2, 0.25) is 0 Å². The summed E-state index contributed by atoms with van der Waals surface area (Å²) in [7, 11) is 0.192. The van der Waals surface area contributed by atoms with Gasteiger partial charge in [-0.15, -0.1) is 0 Å². The molecule has 1 aliphatic rings. The molecule has 6 heteroatoms. The van der Waals surface area contributed by atoms with Crippen molar-refractivity contribution in [1.29, 1.82) is 0 Å². The van der Waals surface area contributed by atoms with Gasteiger partial charge in [-0.3, -0.25) is 13.9 Å². The van der Waals surface area contributed by atoms with Crippen molar-refractivity contribution >= 4 is 7.82 Å². The number of hydrogen-bond donors (Lipinski definition) is 1. The second-order valence-electron chi connectivity index (χ2n) is 9.12. The first-order valence-electron chi connectivity index (χ1n) is 12.1. The molecule has 1 saturated heterocycles. The molecule has 0 aromatic rings. The van der Waals surface area contributed by atoms with E-state index in [-0.39, 0.29) is 6.61 Å². The van der Waals surface area contributed by atoms with E-state index >= 15 is 0 Å². The molecule has 0 spiro atoms. The monoisotopic (exact) mass is 432 g/mol. The molecule has 1 rings (SSSR count). The van der Waals surface area contributed by atoms with E-state index in [0.717, 1.165) is 42.4 Å². The zero-order valence-electron chi connectivity index (χ0n) is 19.4. The Bertz CT molecular complexity index is 493. The van der Waals surface area contributed by atoms with E-state index in [0.29, 0.717) is 0 Å². The number of phosphoric ester groups is 1. The topological polar surface area (TPSA) is 55.8 Å². The Morgan fingerprint density at radius 2 is 1.38 bits per heavy atom. The van der Waals surface area contributed by atoms with Gasteiger partial charge < -0.3 is 4.52 Å². The van der Waals surface area contributed by atoms with Crippen molar-refractivity contribution in [2.45, 2.75) is 110 Å². The van der Waals surface area contributed by atoms with Crippen LogP contribution >= 0.6 is 7.82 Å². The molecule has 0 saturated carbocycles. The molecule has 1 aliphatic heterocycles. The minimum Gasteiger partial charge on any atom is -0.406 e. The lowest BCUT2D eigenvalue weighted by molar-refractivity contribution is -0.843. The molecule has 0 radical (unpaired) electrons. The Labute approximate surface area is 180 Å². The van der Waals surface area contributed by atoms with Gasteiger partial charge in [-0.25, -0.2) is 4.57 Å². The van der Waals surface area contributed by atoms with Gasteiger partial charge in [-0.2, -0.15) is 0 Å². The van der Waals surface area contributed by atoms with Gasteiger partial charge in [-0.1, -0.05) is 90.4 Å². The van der Waals surface area contributed by atoms with Crippen LogP contribution in [0.4, 0.5) is 0 Å². The molecule has 1 heterocycles. The minimum absolute atomic E-state index is 0.285. The highest BCUT2D eigenvalue weighted by Crippen LogP contribution is 2.44. The van der Waals surface area contributed by atoms with E-state index < -0.39 is 7.82 Å². The molecule has 0 bridgehead atoms. The van der Waals surface area contributed by atoms with Crippen LogP contribution in [0, 0.1) is 0 Å². The molecule has 0 aromatic carbocycles. The maximum atomic E-state index is 12.0. The number of phosphoric acid groups is 1. The zero-order chi connectivity index (χ0) is 21.4. The molecule has 0 amide bonds. The van der Waals surface area contributed by atoms with Crippen molar-refractivity contribution in [3.63, 3.8) is 0 Å². The van der Waals surface area contributed by atoms with Crippen LogP contribution < -0.4 is 0 Å². The summed E-state index contributed by atoms with van der Waals surface area (Å²) < 4.78 is 22.9. The number of hydrogen-bond acceptors (Lipinski definition) is 3. The summed E-state index contributed by atoms with van der Waals surface area (Å²) in [5, 5.41) is 0. The van der Waals surface area contributed by atoms with Crippen LogP contribution in [-0.4, -0.2) is 36.6 Å². The van der Waals surface area contributed by atoms with Gasteiger partial charge in [0.05, 0.1) is 27.2 Å². The van der Waals surface area contributed by atoms with Gasteiger partial charge >= 0.3 is 7.82 Å². The first-order valence-corrected chi connectivity index (χ1v) is 13.6. The molecule has 29 heavy (non-hydrogen) atoms. The highest BCUT2D eigenvalue weighted by molar-refractivity contribution is 7.47. The Morgan fingerprint density at radius 3 is 1.83 bits per heavy atom. The van der Waals surface area contributed by atoms with E-state index in [1.165, 1.54) is 83.3 Å². The largest absolute Gasteiger partial charge is 0.527 e. The standard InChI is InChI=1S/C23H46NO4P/c1-4-5-6-7-8-9-10-11-12-13-14-15-16-17-21-27-29(25,26)28-22-23-19-18-20-24(23,2)3/h22H,4-21H2,1-3H3/p+1. The summed E-state index contributed by atoms with van der Waals surface area (Å²) in [6, 6.07) is 0. The summed E-state index contributed by atoms with van der Waals surface area (Å²) in [6.45, 7) is 3.58. The minimum atomic E-state index is -3.97. The Morgan fingerprint density at radius 1 is 0.897 bits per heavy atom. The molecule has 0 aliphatic carbocycles. The fourth-order valence-electron chi connectivity index (χ4n) is 3.94. The number of allylic oxidation sites excluding steroid dienone is 1. The van der Waals surface area contributed by atoms with Crippen LogP contribution in [0.25, 0.3) is 0 Å². The van der Waals surface area contributed by atoms with Crippen molar-refractivity contribution in [2.24, 2.45) is 0 Å². The Balaban J connectivity index is 1.91. The SMILES string of the molecule is CCCCCCCCCCCCCCCCOP(=O)(O)OC=C1CCC[N+]1(C)C. The smallest absolute Gasteiger partial charge is 0.406 e. The highest BCUT2D eigenvalue weighted by Gasteiger charge is 2.30. The first kappa shape index (κ1) is 26.7. The lowest BCUT2D eigenvalue weighted by Crippen LogP contribution is -2.33. The third-order valence-corrected chi connectivity index (χ3v) is 6.88. The molecule has 1 unspecified atom stereocenters. The molecule has 1 N–H and O–H groups in total. The third-order valence-electron chi connectivity index (χ3n) is 6.00. The zero-order valence-corrected chi connectivity index (χ0v) is 20.3.